The summed E-state index contributed by atoms with van der Waals surface area (Å²) in [6, 6.07) is 10.6. The van der Waals surface area contributed by atoms with Gasteiger partial charge in [-0.2, -0.15) is 4.31 Å². The maximum absolute atomic E-state index is 14.0. The van der Waals surface area contributed by atoms with Gasteiger partial charge in [-0.15, -0.1) is 0 Å². The molecule has 1 amide bonds. The van der Waals surface area contributed by atoms with Gasteiger partial charge in [-0.25, -0.2) is 17.2 Å². The third kappa shape index (κ3) is 3.65. The summed E-state index contributed by atoms with van der Waals surface area (Å²) in [6.45, 7) is -0.188. The van der Waals surface area contributed by atoms with Gasteiger partial charge in [-0.05, 0) is 36.8 Å². The fourth-order valence-corrected chi connectivity index (χ4v) is 4.76. The first kappa shape index (κ1) is 19.2. The number of hydrogen-bond donors (Lipinski definition) is 2. The highest BCUT2D eigenvalue weighted by molar-refractivity contribution is 7.89. The Morgan fingerprint density at radius 3 is 2.56 bits per heavy atom. The number of benzene rings is 2. The van der Waals surface area contributed by atoms with Crippen molar-refractivity contribution in [2.24, 2.45) is 0 Å². The van der Waals surface area contributed by atoms with Gasteiger partial charge in [-0.3, -0.25) is 4.79 Å². The molecule has 3 rings (SSSR count). The minimum Gasteiger partial charge on any atom is -0.370 e. The summed E-state index contributed by atoms with van der Waals surface area (Å²) in [5, 5.41) is 5.48. The predicted molar refractivity (Wildman–Crippen MR) is 96.6 cm³/mol. The molecule has 0 aliphatic carbocycles. The van der Waals surface area contributed by atoms with Crippen molar-refractivity contribution in [2.75, 3.05) is 25.5 Å². The Hall–Kier alpha value is -2.52. The Labute approximate surface area is 156 Å². The molecule has 0 radical (unpaired) electrons. The molecule has 9 heteroatoms. The zero-order valence-electron chi connectivity index (χ0n) is 14.6. The first-order valence-electron chi connectivity index (χ1n) is 8.29. The number of amides is 1. The number of hydrogen-bond acceptors (Lipinski definition) is 4. The Morgan fingerprint density at radius 1 is 1.15 bits per heavy atom. The summed E-state index contributed by atoms with van der Waals surface area (Å²) in [5.41, 5.74) is -0.940. The van der Waals surface area contributed by atoms with E-state index in [0.717, 1.165) is 10.4 Å². The number of likely N-dealkylation sites (N-methyl/N-ethyl adjacent to an activating group) is 1. The lowest BCUT2D eigenvalue weighted by Gasteiger charge is -2.30. The van der Waals surface area contributed by atoms with Crippen LogP contribution in [0.25, 0.3) is 0 Å². The van der Waals surface area contributed by atoms with Crippen molar-refractivity contribution in [1.29, 1.82) is 0 Å². The second kappa shape index (κ2) is 7.24. The first-order valence-corrected chi connectivity index (χ1v) is 9.73. The maximum Gasteiger partial charge on any atom is 0.246 e. The van der Waals surface area contributed by atoms with E-state index in [-0.39, 0.29) is 19.5 Å². The number of nitrogens with one attached hydrogen (secondary N) is 2. The Kier molecular flexibility index (Phi) is 5.16. The van der Waals surface area contributed by atoms with Crippen molar-refractivity contribution >= 4 is 21.6 Å². The molecule has 6 nitrogen and oxygen atoms in total. The average Bonchev–Trinajstić information content (AvgIpc) is 3.07. The summed E-state index contributed by atoms with van der Waals surface area (Å²) >= 11 is 0. The molecule has 1 aliphatic heterocycles. The van der Waals surface area contributed by atoms with Gasteiger partial charge >= 0.3 is 0 Å². The summed E-state index contributed by atoms with van der Waals surface area (Å²) in [5.74, 6) is -1.77. The van der Waals surface area contributed by atoms with Crippen molar-refractivity contribution in [2.45, 2.75) is 16.9 Å². The highest BCUT2D eigenvalue weighted by Crippen LogP contribution is 2.31. The van der Waals surface area contributed by atoms with Crippen LogP contribution in [-0.4, -0.2) is 44.3 Å². The number of nitrogens with zero attached hydrogens (tertiary/aromatic N) is 1. The molecule has 2 aromatic rings. The minimum atomic E-state index is -4.12. The topological polar surface area (TPSA) is 78.5 Å². The molecule has 1 aliphatic rings. The van der Waals surface area contributed by atoms with Gasteiger partial charge in [0.1, 0.15) is 22.1 Å². The second-order valence-electron chi connectivity index (χ2n) is 6.32. The molecule has 2 N–H and O–H groups in total. The van der Waals surface area contributed by atoms with Crippen molar-refractivity contribution in [3.05, 3.63) is 60.2 Å². The Balaban J connectivity index is 1.93. The molecule has 2 aromatic carbocycles. The van der Waals surface area contributed by atoms with E-state index in [9.17, 15) is 22.0 Å². The van der Waals surface area contributed by atoms with Crippen LogP contribution in [0.5, 0.6) is 0 Å². The lowest BCUT2D eigenvalue weighted by Crippen LogP contribution is -2.54. The van der Waals surface area contributed by atoms with Crippen LogP contribution in [-0.2, 0) is 14.8 Å². The molecule has 1 saturated heterocycles. The van der Waals surface area contributed by atoms with Crippen LogP contribution in [0.15, 0.2) is 53.4 Å². The van der Waals surface area contributed by atoms with E-state index in [2.05, 4.69) is 10.6 Å². The van der Waals surface area contributed by atoms with Gasteiger partial charge in [0.05, 0.1) is 0 Å². The van der Waals surface area contributed by atoms with E-state index in [0.29, 0.717) is 5.69 Å². The third-order valence-corrected chi connectivity index (χ3v) is 6.44. The van der Waals surface area contributed by atoms with E-state index in [1.165, 1.54) is 43.4 Å². The van der Waals surface area contributed by atoms with Gasteiger partial charge in [0.15, 0.2) is 0 Å². The quantitative estimate of drug-likeness (QED) is 0.811. The van der Waals surface area contributed by atoms with E-state index in [4.69, 9.17) is 0 Å². The molecule has 27 heavy (non-hydrogen) atoms. The molecule has 0 bridgehead atoms. The van der Waals surface area contributed by atoms with Crippen molar-refractivity contribution in [3.63, 3.8) is 0 Å². The zero-order chi connectivity index (χ0) is 19.7. The zero-order valence-corrected chi connectivity index (χ0v) is 15.4. The van der Waals surface area contributed by atoms with Crippen LogP contribution in [0, 0.1) is 11.6 Å². The molecule has 1 atom stereocenters. The van der Waals surface area contributed by atoms with Crippen molar-refractivity contribution in [1.82, 2.24) is 9.62 Å². The summed E-state index contributed by atoms with van der Waals surface area (Å²) in [7, 11) is -2.68. The van der Waals surface area contributed by atoms with Crippen LogP contribution in [0.3, 0.4) is 0 Å². The second-order valence-corrected chi connectivity index (χ2v) is 8.22. The highest BCUT2D eigenvalue weighted by Gasteiger charge is 2.48. The molecule has 1 heterocycles. The standard InChI is InChI=1S/C18H19F2N3O3S/c1-21-17(24)18(22-14-6-4-5-13(19)11-14)9-10-23(12-18)27(25,26)16-8-3-2-7-15(16)20/h2-8,11,22H,9-10,12H2,1H3,(H,21,24). The molecule has 0 saturated carbocycles. The molecule has 1 unspecified atom stereocenters. The van der Waals surface area contributed by atoms with Crippen LogP contribution < -0.4 is 10.6 Å². The molecule has 0 spiro atoms. The predicted octanol–water partition coefficient (Wildman–Crippen LogP) is 1.96. The molecular weight excluding hydrogens is 376 g/mol. The van der Waals surface area contributed by atoms with E-state index in [1.54, 1.807) is 6.07 Å². The molecule has 1 fully saturated rings. The van der Waals surface area contributed by atoms with Gasteiger partial charge in [-0.1, -0.05) is 18.2 Å². The summed E-state index contributed by atoms with van der Waals surface area (Å²) in [4.78, 5) is 12.1. The number of rotatable bonds is 5. The number of carbonyl (C=O) groups excluding carboxylic acids is 1. The van der Waals surface area contributed by atoms with Gasteiger partial charge in [0.25, 0.3) is 0 Å². The largest absolute Gasteiger partial charge is 0.370 e. The minimum absolute atomic E-state index is 0.0202. The average molecular weight is 395 g/mol. The van der Waals surface area contributed by atoms with Crippen LogP contribution in [0.2, 0.25) is 0 Å². The lowest BCUT2D eigenvalue weighted by molar-refractivity contribution is -0.124. The van der Waals surface area contributed by atoms with Gasteiger partial charge < -0.3 is 10.6 Å². The van der Waals surface area contributed by atoms with Crippen LogP contribution in [0.1, 0.15) is 6.42 Å². The summed E-state index contributed by atoms with van der Waals surface area (Å²) in [6.07, 6.45) is 0.150. The normalized spacial score (nSPS) is 20.4. The van der Waals surface area contributed by atoms with Crippen molar-refractivity contribution in [3.8, 4) is 0 Å². The number of anilines is 1. The van der Waals surface area contributed by atoms with E-state index < -0.39 is 38.0 Å². The molecule has 144 valence electrons. The van der Waals surface area contributed by atoms with E-state index in [1.807, 2.05) is 0 Å². The maximum atomic E-state index is 14.0. The van der Waals surface area contributed by atoms with Gasteiger partial charge in [0.2, 0.25) is 15.9 Å². The monoisotopic (exact) mass is 395 g/mol. The number of sulfonamides is 1. The fraction of sp³-hybridized carbons (Fsp3) is 0.278. The van der Waals surface area contributed by atoms with Crippen LogP contribution in [0.4, 0.5) is 14.5 Å². The SMILES string of the molecule is CNC(=O)C1(Nc2cccc(F)c2)CCN(S(=O)(=O)c2ccccc2F)C1. The van der Waals surface area contributed by atoms with Crippen LogP contribution >= 0.6 is 0 Å². The van der Waals surface area contributed by atoms with Gasteiger partial charge in [0, 0.05) is 25.8 Å². The Morgan fingerprint density at radius 2 is 1.89 bits per heavy atom. The van der Waals surface area contributed by atoms with E-state index >= 15 is 0 Å². The summed E-state index contributed by atoms with van der Waals surface area (Å²) < 4.78 is 54.2. The number of carbonyl (C=O) groups is 1. The molecule has 0 aromatic heterocycles. The van der Waals surface area contributed by atoms with Crippen molar-refractivity contribution < 1.29 is 22.0 Å². The fourth-order valence-electron chi connectivity index (χ4n) is 3.20. The Bertz CT molecular complexity index is 968. The molecular formula is C18H19F2N3O3S. The first-order chi connectivity index (χ1) is 12.8. The number of halogens is 2. The smallest absolute Gasteiger partial charge is 0.246 e. The lowest BCUT2D eigenvalue weighted by atomic mass is 9.97. The third-order valence-electron chi connectivity index (χ3n) is 4.56. The highest BCUT2D eigenvalue weighted by atomic mass is 32.2.